The van der Waals surface area contributed by atoms with Gasteiger partial charge in [-0.1, -0.05) is 29.8 Å². The van der Waals surface area contributed by atoms with Crippen LogP contribution in [0.15, 0.2) is 24.3 Å². The van der Waals surface area contributed by atoms with Crippen LogP contribution in [0.2, 0.25) is 5.02 Å². The van der Waals surface area contributed by atoms with Crippen LogP contribution in [0.1, 0.15) is 12.0 Å². The largest absolute Gasteiger partial charge is 0.352 e. The van der Waals surface area contributed by atoms with Crippen LogP contribution >= 0.6 is 11.6 Å². The maximum Gasteiger partial charge on any atom is 0.224 e. The fraction of sp³-hybridized carbons (Fsp3) is 0.417. The quantitative estimate of drug-likeness (QED) is 0.908. The summed E-state index contributed by atoms with van der Waals surface area (Å²) in [5.41, 5.74) is 0.748. The van der Waals surface area contributed by atoms with E-state index in [0.717, 1.165) is 5.56 Å². The van der Waals surface area contributed by atoms with E-state index < -0.39 is 9.84 Å². The number of nitrogens with one attached hydrogen (secondary N) is 1. The topological polar surface area (TPSA) is 63.2 Å². The minimum atomic E-state index is -2.96. The maximum absolute atomic E-state index is 11.8. The molecule has 6 heteroatoms. The molecule has 1 heterocycles. The van der Waals surface area contributed by atoms with E-state index in [2.05, 4.69) is 5.32 Å². The number of sulfone groups is 1. The smallest absolute Gasteiger partial charge is 0.224 e. The lowest BCUT2D eigenvalue weighted by Gasteiger charge is -2.11. The van der Waals surface area contributed by atoms with E-state index in [1.165, 1.54) is 0 Å². The van der Waals surface area contributed by atoms with Gasteiger partial charge in [0, 0.05) is 11.1 Å². The van der Waals surface area contributed by atoms with Gasteiger partial charge in [-0.2, -0.15) is 0 Å². The first-order valence-electron chi connectivity index (χ1n) is 5.69. The Bertz CT molecular complexity index is 556. The molecular formula is C12H14ClNO3S. The number of rotatable bonds is 3. The Labute approximate surface area is 111 Å². The molecule has 0 spiro atoms. The van der Waals surface area contributed by atoms with Crippen LogP contribution in [0.25, 0.3) is 0 Å². The third-order valence-corrected chi connectivity index (χ3v) is 5.04. The fourth-order valence-electron chi connectivity index (χ4n) is 2.00. The fourth-order valence-corrected chi connectivity index (χ4v) is 3.88. The van der Waals surface area contributed by atoms with E-state index in [0.29, 0.717) is 11.4 Å². The Balaban J connectivity index is 1.92. The molecule has 1 amide bonds. The second kappa shape index (κ2) is 5.28. The predicted octanol–water partition coefficient (Wildman–Crippen LogP) is 1.19. The van der Waals surface area contributed by atoms with Crippen molar-refractivity contribution in [3.05, 3.63) is 34.9 Å². The molecule has 1 aliphatic rings. The number of amides is 1. The Morgan fingerprint density at radius 2 is 2.11 bits per heavy atom. The number of benzene rings is 1. The van der Waals surface area contributed by atoms with E-state index >= 15 is 0 Å². The van der Waals surface area contributed by atoms with Crippen molar-refractivity contribution < 1.29 is 13.2 Å². The molecule has 1 fully saturated rings. The molecule has 1 aromatic carbocycles. The van der Waals surface area contributed by atoms with Gasteiger partial charge in [0.05, 0.1) is 17.9 Å². The standard InChI is InChI=1S/C12H14ClNO3S/c13-11-4-2-1-3-9(11)7-12(15)14-10-5-6-18(16,17)8-10/h1-4,10H,5-8H2,(H,14,15). The van der Waals surface area contributed by atoms with Crippen molar-refractivity contribution in [1.29, 1.82) is 0 Å². The van der Waals surface area contributed by atoms with Crippen LogP contribution in [0, 0.1) is 0 Å². The van der Waals surface area contributed by atoms with Gasteiger partial charge < -0.3 is 5.32 Å². The molecule has 1 saturated heterocycles. The first-order chi connectivity index (χ1) is 8.46. The first-order valence-corrected chi connectivity index (χ1v) is 7.89. The second-order valence-corrected chi connectivity index (χ2v) is 7.07. The molecule has 1 aromatic rings. The summed E-state index contributed by atoms with van der Waals surface area (Å²) in [7, 11) is -2.96. The molecule has 1 atom stereocenters. The normalized spacial score (nSPS) is 21.7. The third-order valence-electron chi connectivity index (χ3n) is 2.91. The minimum Gasteiger partial charge on any atom is -0.352 e. The summed E-state index contributed by atoms with van der Waals surface area (Å²) < 4.78 is 22.5. The molecule has 98 valence electrons. The van der Waals surface area contributed by atoms with Crippen LogP contribution in [0.4, 0.5) is 0 Å². The Morgan fingerprint density at radius 3 is 2.72 bits per heavy atom. The summed E-state index contributed by atoms with van der Waals surface area (Å²) >= 11 is 5.95. The van der Waals surface area contributed by atoms with Crippen LogP contribution in [-0.2, 0) is 21.1 Å². The highest BCUT2D eigenvalue weighted by Gasteiger charge is 2.28. The molecule has 0 radical (unpaired) electrons. The van der Waals surface area contributed by atoms with E-state index in [4.69, 9.17) is 11.6 Å². The summed E-state index contributed by atoms with van der Waals surface area (Å²) in [6.07, 6.45) is 0.673. The van der Waals surface area contributed by atoms with Gasteiger partial charge in [0.15, 0.2) is 9.84 Å². The maximum atomic E-state index is 11.8. The van der Waals surface area contributed by atoms with Gasteiger partial charge in [0.1, 0.15) is 0 Å². The van der Waals surface area contributed by atoms with Gasteiger partial charge in [-0.05, 0) is 18.1 Å². The van der Waals surface area contributed by atoms with Crippen molar-refractivity contribution in [2.45, 2.75) is 18.9 Å². The Morgan fingerprint density at radius 1 is 1.39 bits per heavy atom. The first kappa shape index (κ1) is 13.4. The average Bonchev–Trinajstić information content (AvgIpc) is 2.61. The number of carbonyl (C=O) groups excluding carboxylic acids is 1. The molecule has 0 aromatic heterocycles. The Hall–Kier alpha value is -1.07. The number of halogens is 1. The van der Waals surface area contributed by atoms with Crippen molar-refractivity contribution in [3.8, 4) is 0 Å². The molecule has 18 heavy (non-hydrogen) atoms. The molecule has 2 rings (SSSR count). The van der Waals surface area contributed by atoms with Gasteiger partial charge in [0.25, 0.3) is 0 Å². The number of hydrogen-bond acceptors (Lipinski definition) is 3. The Kier molecular flexibility index (Phi) is 3.92. The van der Waals surface area contributed by atoms with E-state index in [1.54, 1.807) is 18.2 Å². The minimum absolute atomic E-state index is 0.0429. The summed E-state index contributed by atoms with van der Waals surface area (Å²) in [5, 5.41) is 3.28. The van der Waals surface area contributed by atoms with Crippen molar-refractivity contribution in [1.82, 2.24) is 5.32 Å². The van der Waals surface area contributed by atoms with Crippen LogP contribution in [0.5, 0.6) is 0 Å². The van der Waals surface area contributed by atoms with Crippen molar-refractivity contribution >= 4 is 27.3 Å². The number of carbonyl (C=O) groups is 1. The SMILES string of the molecule is O=C(Cc1ccccc1Cl)NC1CCS(=O)(=O)C1. The average molecular weight is 288 g/mol. The van der Waals surface area contributed by atoms with Crippen molar-refractivity contribution in [2.75, 3.05) is 11.5 Å². The van der Waals surface area contributed by atoms with E-state index in [9.17, 15) is 13.2 Å². The highest BCUT2D eigenvalue weighted by atomic mass is 35.5. The predicted molar refractivity (Wildman–Crippen MR) is 70.4 cm³/mol. The summed E-state index contributed by atoms with van der Waals surface area (Å²) in [6.45, 7) is 0. The van der Waals surface area contributed by atoms with Crippen LogP contribution in [-0.4, -0.2) is 31.9 Å². The molecule has 1 N–H and O–H groups in total. The van der Waals surface area contributed by atoms with Gasteiger partial charge in [-0.3, -0.25) is 4.79 Å². The highest BCUT2D eigenvalue weighted by Crippen LogP contribution is 2.16. The van der Waals surface area contributed by atoms with Crippen molar-refractivity contribution in [3.63, 3.8) is 0 Å². The molecule has 0 bridgehead atoms. The second-order valence-electron chi connectivity index (χ2n) is 4.44. The van der Waals surface area contributed by atoms with Gasteiger partial charge in [-0.15, -0.1) is 0 Å². The van der Waals surface area contributed by atoms with Crippen molar-refractivity contribution in [2.24, 2.45) is 0 Å². The van der Waals surface area contributed by atoms with Gasteiger partial charge in [0.2, 0.25) is 5.91 Å². The summed E-state index contributed by atoms with van der Waals surface area (Å²) in [4.78, 5) is 11.8. The van der Waals surface area contributed by atoms with Crippen LogP contribution < -0.4 is 5.32 Å². The highest BCUT2D eigenvalue weighted by molar-refractivity contribution is 7.91. The monoisotopic (exact) mass is 287 g/mol. The van der Waals surface area contributed by atoms with E-state index in [-0.39, 0.29) is 29.9 Å². The third kappa shape index (κ3) is 3.46. The summed E-state index contributed by atoms with van der Waals surface area (Å²) in [6, 6.07) is 6.87. The lowest BCUT2D eigenvalue weighted by molar-refractivity contribution is -0.120. The zero-order chi connectivity index (χ0) is 13.2. The molecular weight excluding hydrogens is 274 g/mol. The molecule has 1 aliphatic heterocycles. The zero-order valence-electron chi connectivity index (χ0n) is 9.73. The molecule has 0 saturated carbocycles. The molecule has 1 unspecified atom stereocenters. The number of hydrogen-bond donors (Lipinski definition) is 1. The summed E-state index contributed by atoms with van der Waals surface area (Å²) in [5.74, 6) is 0.0101. The van der Waals surface area contributed by atoms with E-state index in [1.807, 2.05) is 6.07 Å². The van der Waals surface area contributed by atoms with Gasteiger partial charge in [-0.25, -0.2) is 8.42 Å². The van der Waals surface area contributed by atoms with Crippen LogP contribution in [0.3, 0.4) is 0 Å². The van der Waals surface area contributed by atoms with Gasteiger partial charge >= 0.3 is 0 Å². The lowest BCUT2D eigenvalue weighted by atomic mass is 10.1. The zero-order valence-corrected chi connectivity index (χ0v) is 11.3. The lowest BCUT2D eigenvalue weighted by Crippen LogP contribution is -2.36. The molecule has 0 aliphatic carbocycles. The molecule has 4 nitrogen and oxygen atoms in total.